The Morgan fingerprint density at radius 1 is 0.250 bits per heavy atom. The fourth-order valence-corrected chi connectivity index (χ4v) is 11.0. The third kappa shape index (κ3) is 66.4. The van der Waals surface area contributed by atoms with Crippen LogP contribution in [-0.4, -0.2) is 37.2 Å². The summed E-state index contributed by atoms with van der Waals surface area (Å²) in [6.07, 6.45) is 85.9. The van der Waals surface area contributed by atoms with Crippen LogP contribution in [0.3, 0.4) is 0 Å². The zero-order valence-corrected chi connectivity index (χ0v) is 54.1. The molecule has 0 bridgehead atoms. The van der Waals surface area contributed by atoms with Gasteiger partial charge in [-0.25, -0.2) is 0 Å². The quantitative estimate of drug-likeness (QED) is 0.0261. The molecule has 0 saturated carbocycles. The number of hydrogen-bond donors (Lipinski definition) is 0. The lowest BCUT2D eigenvalue weighted by Gasteiger charge is -2.18. The molecule has 0 N–H and O–H groups in total. The van der Waals surface area contributed by atoms with Crippen molar-refractivity contribution in [2.45, 2.75) is 406 Å². The van der Waals surface area contributed by atoms with Crippen molar-refractivity contribution in [3.63, 3.8) is 0 Å². The fraction of sp³-hybridized carbons (Fsp3) is 0.878. The summed E-state index contributed by atoms with van der Waals surface area (Å²) in [4.78, 5) is 38.5. The second-order valence-electron chi connectivity index (χ2n) is 24.5. The van der Waals surface area contributed by atoms with Gasteiger partial charge in [0, 0.05) is 19.3 Å². The summed E-state index contributed by atoms with van der Waals surface area (Å²) >= 11 is 0. The summed E-state index contributed by atoms with van der Waals surface area (Å²) in [7, 11) is 0. The lowest BCUT2D eigenvalue weighted by atomic mass is 10.0. The average Bonchev–Trinajstić information content (AvgIpc) is 3.46. The molecule has 80 heavy (non-hydrogen) atoms. The van der Waals surface area contributed by atoms with Crippen molar-refractivity contribution in [3.8, 4) is 0 Å². The van der Waals surface area contributed by atoms with Gasteiger partial charge < -0.3 is 14.2 Å². The number of esters is 3. The van der Waals surface area contributed by atoms with Gasteiger partial charge in [-0.2, -0.15) is 0 Å². The first-order valence-corrected chi connectivity index (χ1v) is 36.0. The van der Waals surface area contributed by atoms with Crippen molar-refractivity contribution in [1.82, 2.24) is 0 Å². The zero-order valence-electron chi connectivity index (χ0n) is 54.1. The molecular formula is C74H138O6. The first-order valence-electron chi connectivity index (χ1n) is 36.0. The third-order valence-electron chi connectivity index (χ3n) is 16.4. The molecule has 0 saturated heterocycles. The van der Waals surface area contributed by atoms with Crippen LogP contribution in [0.4, 0.5) is 0 Å². The van der Waals surface area contributed by atoms with Crippen LogP contribution in [0, 0.1) is 0 Å². The maximum absolute atomic E-state index is 13.0. The van der Waals surface area contributed by atoms with Gasteiger partial charge >= 0.3 is 17.9 Å². The molecule has 0 rings (SSSR count). The first kappa shape index (κ1) is 77.6. The van der Waals surface area contributed by atoms with Crippen LogP contribution in [0.15, 0.2) is 36.5 Å². The molecule has 0 heterocycles. The van der Waals surface area contributed by atoms with Crippen molar-refractivity contribution in [1.29, 1.82) is 0 Å². The summed E-state index contributed by atoms with van der Waals surface area (Å²) in [6.45, 7) is 6.71. The zero-order chi connectivity index (χ0) is 57.8. The standard InChI is InChI=1S/C74H138O6/c1-4-7-10-13-16-19-22-25-28-31-33-35-36-37-38-39-41-43-46-49-52-55-58-61-64-67-73(76)79-70-71(69-78-72(75)66-63-60-57-54-51-48-45-42-30-27-24-21-18-15-12-9-6-3)80-74(77)68-65-62-59-56-53-50-47-44-40-34-32-29-26-23-20-17-14-11-8-5-2/h22,25,31,33,36-37,71H,4-21,23-24,26-30,32,34-35,38-70H2,1-3H3/b25-22-,33-31-,37-36-. The van der Waals surface area contributed by atoms with Gasteiger partial charge in [0.05, 0.1) is 0 Å². The smallest absolute Gasteiger partial charge is 0.306 e. The summed E-state index contributed by atoms with van der Waals surface area (Å²) in [6, 6.07) is 0. The highest BCUT2D eigenvalue weighted by Gasteiger charge is 2.19. The summed E-state index contributed by atoms with van der Waals surface area (Å²) in [5.41, 5.74) is 0. The summed E-state index contributed by atoms with van der Waals surface area (Å²) < 4.78 is 17.0. The Hall–Kier alpha value is -2.37. The van der Waals surface area contributed by atoms with Crippen LogP contribution < -0.4 is 0 Å². The minimum atomic E-state index is -0.771. The Morgan fingerprint density at radius 3 is 0.700 bits per heavy atom. The molecular weight excluding hydrogens is 985 g/mol. The molecule has 0 aromatic rings. The molecule has 1 unspecified atom stereocenters. The van der Waals surface area contributed by atoms with E-state index in [0.29, 0.717) is 19.3 Å². The molecule has 0 aromatic carbocycles. The second kappa shape index (κ2) is 69.1. The Morgan fingerprint density at radius 2 is 0.450 bits per heavy atom. The van der Waals surface area contributed by atoms with Crippen LogP contribution in [0.1, 0.15) is 400 Å². The molecule has 0 aliphatic heterocycles. The predicted molar refractivity (Wildman–Crippen MR) is 349 cm³/mol. The second-order valence-corrected chi connectivity index (χ2v) is 24.5. The number of hydrogen-bond acceptors (Lipinski definition) is 6. The van der Waals surface area contributed by atoms with Crippen LogP contribution in [-0.2, 0) is 28.6 Å². The lowest BCUT2D eigenvalue weighted by Crippen LogP contribution is -2.30. The Balaban J connectivity index is 4.30. The largest absolute Gasteiger partial charge is 0.462 e. The first-order chi connectivity index (χ1) is 39.5. The number of unbranched alkanes of at least 4 members (excludes halogenated alkanes) is 50. The van der Waals surface area contributed by atoms with E-state index in [1.54, 1.807) is 0 Å². The maximum Gasteiger partial charge on any atom is 0.306 e. The van der Waals surface area contributed by atoms with E-state index in [-0.39, 0.29) is 31.1 Å². The lowest BCUT2D eigenvalue weighted by molar-refractivity contribution is -0.167. The van der Waals surface area contributed by atoms with Gasteiger partial charge in [-0.15, -0.1) is 0 Å². The highest BCUT2D eigenvalue weighted by Crippen LogP contribution is 2.19. The Kier molecular flexibility index (Phi) is 67.1. The minimum absolute atomic E-state index is 0.0667. The van der Waals surface area contributed by atoms with Gasteiger partial charge in [0.1, 0.15) is 13.2 Å². The third-order valence-corrected chi connectivity index (χ3v) is 16.4. The van der Waals surface area contributed by atoms with E-state index < -0.39 is 6.10 Å². The predicted octanol–water partition coefficient (Wildman–Crippen LogP) is 24.7. The number of carbonyl (C=O) groups excluding carboxylic acids is 3. The molecule has 0 amide bonds. The van der Waals surface area contributed by atoms with E-state index in [4.69, 9.17) is 14.2 Å². The van der Waals surface area contributed by atoms with Gasteiger partial charge in [0.25, 0.3) is 0 Å². The number of ether oxygens (including phenoxy) is 3. The molecule has 0 aromatic heterocycles. The number of carbonyl (C=O) groups is 3. The van der Waals surface area contributed by atoms with Crippen LogP contribution >= 0.6 is 0 Å². The van der Waals surface area contributed by atoms with Gasteiger partial charge in [0.15, 0.2) is 6.10 Å². The topological polar surface area (TPSA) is 78.9 Å². The maximum atomic E-state index is 13.0. The van der Waals surface area contributed by atoms with E-state index in [2.05, 4.69) is 57.2 Å². The van der Waals surface area contributed by atoms with Crippen molar-refractivity contribution >= 4 is 17.9 Å². The molecule has 0 spiro atoms. The van der Waals surface area contributed by atoms with Gasteiger partial charge in [-0.05, 0) is 57.8 Å². The van der Waals surface area contributed by atoms with Crippen LogP contribution in [0.2, 0.25) is 0 Å². The van der Waals surface area contributed by atoms with Gasteiger partial charge in [-0.1, -0.05) is 359 Å². The molecule has 6 heteroatoms. The van der Waals surface area contributed by atoms with Gasteiger partial charge in [-0.3, -0.25) is 14.4 Å². The molecule has 0 radical (unpaired) electrons. The number of rotatable bonds is 67. The average molecular weight is 1120 g/mol. The Bertz CT molecular complexity index is 1340. The highest BCUT2D eigenvalue weighted by molar-refractivity contribution is 5.71. The summed E-state index contributed by atoms with van der Waals surface area (Å²) in [5.74, 6) is -0.837. The minimum Gasteiger partial charge on any atom is -0.462 e. The van der Waals surface area contributed by atoms with Crippen molar-refractivity contribution in [2.24, 2.45) is 0 Å². The van der Waals surface area contributed by atoms with Crippen molar-refractivity contribution in [3.05, 3.63) is 36.5 Å². The van der Waals surface area contributed by atoms with Crippen molar-refractivity contribution in [2.75, 3.05) is 13.2 Å². The SMILES string of the molecule is CCCCCCC/C=C\C/C=C\C/C=C\CCCCCCCCCCCCC(=O)OCC(COC(=O)CCCCCCCCCCCCCCCCCCC)OC(=O)CCCCCCCCCCCCCCCCCCCCCC. The van der Waals surface area contributed by atoms with Gasteiger partial charge in [0.2, 0.25) is 0 Å². The van der Waals surface area contributed by atoms with E-state index in [1.165, 1.54) is 289 Å². The van der Waals surface area contributed by atoms with E-state index in [0.717, 1.165) is 70.6 Å². The van der Waals surface area contributed by atoms with E-state index in [9.17, 15) is 14.4 Å². The molecule has 1 atom stereocenters. The van der Waals surface area contributed by atoms with E-state index in [1.807, 2.05) is 0 Å². The normalized spacial score (nSPS) is 12.2. The number of allylic oxidation sites excluding steroid dienone is 6. The van der Waals surface area contributed by atoms with E-state index >= 15 is 0 Å². The Labute approximate surface area is 499 Å². The van der Waals surface area contributed by atoms with Crippen LogP contribution in [0.5, 0.6) is 0 Å². The molecule has 6 nitrogen and oxygen atoms in total. The molecule has 0 aliphatic carbocycles. The molecule has 0 aliphatic rings. The monoisotopic (exact) mass is 1120 g/mol. The fourth-order valence-electron chi connectivity index (χ4n) is 11.0. The summed E-state index contributed by atoms with van der Waals surface area (Å²) in [5, 5.41) is 0. The molecule has 0 fully saturated rings. The van der Waals surface area contributed by atoms with Crippen molar-refractivity contribution < 1.29 is 28.6 Å². The molecule has 470 valence electrons. The van der Waals surface area contributed by atoms with Crippen LogP contribution in [0.25, 0.3) is 0 Å². The highest BCUT2D eigenvalue weighted by atomic mass is 16.6.